The molecule has 0 saturated carbocycles. The predicted octanol–water partition coefficient (Wildman–Crippen LogP) is 1.45. The SMILES string of the molecule is CC(C)(C)c1cc(C(=O)NN=Cc2ccc([O-])c([N+](=O)[O-])c2)n[nH]1. The summed E-state index contributed by atoms with van der Waals surface area (Å²) >= 11 is 0. The van der Waals surface area contributed by atoms with Crippen LogP contribution in [-0.2, 0) is 5.41 Å². The molecule has 2 aromatic rings. The highest BCUT2D eigenvalue weighted by atomic mass is 16.6. The normalized spacial score (nSPS) is 11.6. The van der Waals surface area contributed by atoms with Crippen LogP contribution in [0.15, 0.2) is 29.4 Å². The Morgan fingerprint density at radius 1 is 1.38 bits per heavy atom. The number of nitro benzene ring substituents is 1. The molecule has 9 nitrogen and oxygen atoms in total. The lowest BCUT2D eigenvalue weighted by atomic mass is 9.92. The van der Waals surface area contributed by atoms with Crippen molar-refractivity contribution in [3.8, 4) is 5.75 Å². The molecule has 24 heavy (non-hydrogen) atoms. The highest BCUT2D eigenvalue weighted by molar-refractivity contribution is 5.93. The van der Waals surface area contributed by atoms with E-state index >= 15 is 0 Å². The van der Waals surface area contributed by atoms with Gasteiger partial charge in [0, 0.05) is 22.7 Å². The Bertz CT molecular complexity index is 804. The van der Waals surface area contributed by atoms with E-state index < -0.39 is 22.3 Å². The lowest BCUT2D eigenvalue weighted by molar-refractivity contribution is -0.398. The number of hydrogen-bond donors (Lipinski definition) is 2. The average Bonchev–Trinajstić information content (AvgIpc) is 2.98. The molecule has 9 heteroatoms. The quantitative estimate of drug-likeness (QED) is 0.496. The van der Waals surface area contributed by atoms with Crippen LogP contribution >= 0.6 is 0 Å². The molecule has 2 rings (SSSR count). The van der Waals surface area contributed by atoms with Crippen LogP contribution in [0, 0.1) is 10.1 Å². The van der Waals surface area contributed by atoms with Crippen molar-refractivity contribution in [2.75, 3.05) is 0 Å². The molecule has 0 aliphatic heterocycles. The van der Waals surface area contributed by atoms with Crippen LogP contribution in [0.25, 0.3) is 0 Å². The van der Waals surface area contributed by atoms with Gasteiger partial charge in [-0.2, -0.15) is 10.2 Å². The van der Waals surface area contributed by atoms with E-state index in [1.54, 1.807) is 6.07 Å². The minimum atomic E-state index is -0.768. The fraction of sp³-hybridized carbons (Fsp3) is 0.267. The summed E-state index contributed by atoms with van der Waals surface area (Å²) in [5.74, 6) is -1.21. The Hall–Kier alpha value is -3.23. The molecule has 0 spiro atoms. The minimum Gasteiger partial charge on any atom is -0.868 e. The van der Waals surface area contributed by atoms with Crippen molar-refractivity contribution >= 4 is 17.8 Å². The van der Waals surface area contributed by atoms with E-state index in [4.69, 9.17) is 0 Å². The summed E-state index contributed by atoms with van der Waals surface area (Å²) in [5.41, 5.74) is 2.86. The fourth-order valence-corrected chi connectivity index (χ4v) is 1.80. The van der Waals surface area contributed by atoms with E-state index in [1.165, 1.54) is 12.3 Å². The van der Waals surface area contributed by atoms with Crippen molar-refractivity contribution in [1.82, 2.24) is 15.6 Å². The zero-order valence-corrected chi connectivity index (χ0v) is 13.4. The molecule has 126 valence electrons. The van der Waals surface area contributed by atoms with Crippen LogP contribution in [-0.4, -0.2) is 27.2 Å². The van der Waals surface area contributed by atoms with Crippen molar-refractivity contribution < 1.29 is 14.8 Å². The largest absolute Gasteiger partial charge is 0.868 e. The monoisotopic (exact) mass is 330 g/mol. The summed E-state index contributed by atoms with van der Waals surface area (Å²) < 4.78 is 0. The number of benzene rings is 1. The van der Waals surface area contributed by atoms with Crippen LogP contribution in [0.2, 0.25) is 0 Å². The Labute approximate surface area is 137 Å². The third kappa shape index (κ3) is 3.94. The smallest absolute Gasteiger partial charge is 0.291 e. The van der Waals surface area contributed by atoms with E-state index in [0.29, 0.717) is 5.56 Å². The number of nitrogens with zero attached hydrogens (tertiary/aromatic N) is 3. The second-order valence-corrected chi connectivity index (χ2v) is 6.10. The van der Waals surface area contributed by atoms with Crippen LogP contribution in [0.5, 0.6) is 5.75 Å². The standard InChI is InChI=1S/C15H17N5O4/c1-15(2,3)13-7-10(17-18-13)14(22)19-16-8-9-4-5-12(21)11(6-9)20(23)24/h4-8,21H,1-3H3,(H,17,18)(H,19,22)/p-1. The average molecular weight is 330 g/mol. The molecule has 0 saturated heterocycles. The summed E-state index contributed by atoms with van der Waals surface area (Å²) in [4.78, 5) is 21.9. The number of hydrazone groups is 1. The van der Waals surface area contributed by atoms with Gasteiger partial charge < -0.3 is 5.11 Å². The molecule has 0 bridgehead atoms. The third-order valence-electron chi connectivity index (χ3n) is 3.18. The first kappa shape index (κ1) is 17.1. The Morgan fingerprint density at radius 2 is 2.08 bits per heavy atom. The maximum absolute atomic E-state index is 11.9. The molecule has 0 fully saturated rings. The van der Waals surface area contributed by atoms with Crippen molar-refractivity contribution in [1.29, 1.82) is 0 Å². The number of aromatic nitrogens is 2. The zero-order valence-electron chi connectivity index (χ0n) is 13.4. The van der Waals surface area contributed by atoms with Gasteiger partial charge in [-0.15, -0.1) is 0 Å². The van der Waals surface area contributed by atoms with Gasteiger partial charge in [0.15, 0.2) is 5.69 Å². The molecule has 0 radical (unpaired) electrons. The second-order valence-electron chi connectivity index (χ2n) is 6.10. The van der Waals surface area contributed by atoms with E-state index in [-0.39, 0.29) is 11.1 Å². The maximum Gasteiger partial charge on any atom is 0.291 e. The molecule has 1 aromatic carbocycles. The molecular formula is C15H16N5O4-. The van der Waals surface area contributed by atoms with Gasteiger partial charge in [0.1, 0.15) is 0 Å². The topological polar surface area (TPSA) is 136 Å². The molecule has 1 amide bonds. The highest BCUT2D eigenvalue weighted by Crippen LogP contribution is 2.23. The number of H-pyrrole nitrogens is 1. The van der Waals surface area contributed by atoms with Crippen molar-refractivity contribution in [3.63, 3.8) is 0 Å². The molecule has 0 atom stereocenters. The number of carbonyl (C=O) groups excluding carboxylic acids is 1. The number of rotatable bonds is 4. The van der Waals surface area contributed by atoms with E-state index in [9.17, 15) is 20.0 Å². The van der Waals surface area contributed by atoms with Crippen LogP contribution in [0.3, 0.4) is 0 Å². The molecule has 0 unspecified atom stereocenters. The first-order chi connectivity index (χ1) is 11.2. The molecule has 0 aliphatic rings. The lowest BCUT2D eigenvalue weighted by Gasteiger charge is -2.14. The van der Waals surface area contributed by atoms with Gasteiger partial charge in [-0.05, 0) is 11.8 Å². The second kappa shape index (κ2) is 6.49. The van der Waals surface area contributed by atoms with Crippen molar-refractivity contribution in [3.05, 3.63) is 51.3 Å². The highest BCUT2D eigenvalue weighted by Gasteiger charge is 2.19. The maximum atomic E-state index is 11.9. The molecule has 0 aliphatic carbocycles. The predicted molar refractivity (Wildman–Crippen MR) is 84.9 cm³/mol. The Morgan fingerprint density at radius 3 is 2.67 bits per heavy atom. The molecule has 2 N–H and O–H groups in total. The summed E-state index contributed by atoms with van der Waals surface area (Å²) in [6, 6.07) is 5.16. The Balaban J connectivity index is 2.06. The summed E-state index contributed by atoms with van der Waals surface area (Å²) in [7, 11) is 0. The molecule has 1 heterocycles. The number of nitro groups is 1. The number of aromatic amines is 1. The molecule has 1 aromatic heterocycles. The molecular weight excluding hydrogens is 314 g/mol. The van der Waals surface area contributed by atoms with E-state index in [0.717, 1.165) is 17.8 Å². The summed E-state index contributed by atoms with van der Waals surface area (Å²) in [6.07, 6.45) is 1.21. The number of carbonyl (C=O) groups is 1. The van der Waals surface area contributed by atoms with Crippen LogP contribution in [0.1, 0.15) is 42.5 Å². The third-order valence-corrected chi connectivity index (χ3v) is 3.18. The fourth-order valence-electron chi connectivity index (χ4n) is 1.80. The van der Waals surface area contributed by atoms with E-state index in [1.807, 2.05) is 20.8 Å². The number of hydrogen-bond acceptors (Lipinski definition) is 6. The summed E-state index contributed by atoms with van der Waals surface area (Å²) in [6.45, 7) is 5.94. The van der Waals surface area contributed by atoms with Crippen molar-refractivity contribution in [2.45, 2.75) is 26.2 Å². The van der Waals surface area contributed by atoms with Gasteiger partial charge in [-0.1, -0.05) is 32.9 Å². The first-order valence-electron chi connectivity index (χ1n) is 7.03. The van der Waals surface area contributed by atoms with Gasteiger partial charge in [0.25, 0.3) is 11.6 Å². The number of nitrogens with one attached hydrogen (secondary N) is 2. The van der Waals surface area contributed by atoms with E-state index in [2.05, 4.69) is 20.7 Å². The van der Waals surface area contributed by atoms with Gasteiger partial charge in [-0.25, -0.2) is 5.43 Å². The van der Waals surface area contributed by atoms with Crippen LogP contribution < -0.4 is 10.5 Å². The summed E-state index contributed by atoms with van der Waals surface area (Å²) in [5, 5.41) is 32.4. The number of amides is 1. The van der Waals surface area contributed by atoms with Gasteiger partial charge in [-0.3, -0.25) is 20.0 Å². The van der Waals surface area contributed by atoms with Crippen molar-refractivity contribution in [2.24, 2.45) is 5.10 Å². The van der Waals surface area contributed by atoms with Gasteiger partial charge >= 0.3 is 0 Å². The minimum absolute atomic E-state index is 0.173. The zero-order chi connectivity index (χ0) is 17.9. The van der Waals surface area contributed by atoms with Gasteiger partial charge in [0.2, 0.25) is 0 Å². The van der Waals surface area contributed by atoms with Crippen LogP contribution in [0.4, 0.5) is 5.69 Å². The first-order valence-corrected chi connectivity index (χ1v) is 7.03. The Kier molecular flexibility index (Phi) is 4.63. The lowest BCUT2D eigenvalue weighted by Crippen LogP contribution is -2.18. The van der Waals surface area contributed by atoms with Gasteiger partial charge in [0.05, 0.1) is 11.1 Å².